The number of nitrogen functional groups attached to an aromatic ring is 1. The van der Waals surface area contributed by atoms with Crippen molar-refractivity contribution >= 4 is 11.4 Å². The SMILES string of the molecule is CC1C=CC=CC=C1CC1CCCN(CO)CC1.CN(N)c1ccccc1N. The maximum atomic E-state index is 9.20. The van der Waals surface area contributed by atoms with E-state index in [9.17, 15) is 5.11 Å². The third kappa shape index (κ3) is 7.15. The number of nitrogens with two attached hydrogens (primary N) is 2. The van der Waals surface area contributed by atoms with Crippen molar-refractivity contribution < 1.29 is 5.11 Å². The smallest absolute Gasteiger partial charge is 0.0956 e. The van der Waals surface area contributed by atoms with E-state index in [1.807, 2.05) is 24.3 Å². The molecule has 154 valence electrons. The molecule has 2 atom stereocenters. The zero-order valence-electron chi connectivity index (χ0n) is 17.3. The van der Waals surface area contributed by atoms with E-state index in [1.54, 1.807) is 12.6 Å². The Hall–Kier alpha value is -2.08. The molecule has 28 heavy (non-hydrogen) atoms. The Morgan fingerprint density at radius 1 is 1.14 bits per heavy atom. The van der Waals surface area contributed by atoms with Gasteiger partial charge in [-0.25, -0.2) is 5.84 Å². The highest BCUT2D eigenvalue weighted by Gasteiger charge is 2.19. The quantitative estimate of drug-likeness (QED) is 0.419. The Balaban J connectivity index is 0.000000237. The van der Waals surface area contributed by atoms with Gasteiger partial charge in [0.05, 0.1) is 18.1 Å². The number of aliphatic hydroxyl groups is 1. The lowest BCUT2D eigenvalue weighted by Gasteiger charge is -2.19. The third-order valence-corrected chi connectivity index (χ3v) is 5.50. The zero-order valence-corrected chi connectivity index (χ0v) is 17.3. The van der Waals surface area contributed by atoms with Crippen LogP contribution in [0.5, 0.6) is 0 Å². The van der Waals surface area contributed by atoms with Gasteiger partial charge in [0.15, 0.2) is 0 Å². The Bertz CT molecular complexity index is 681. The topological polar surface area (TPSA) is 78.8 Å². The number of nitrogens with zero attached hydrogens (tertiary/aromatic N) is 2. The van der Waals surface area contributed by atoms with E-state index < -0.39 is 0 Å². The van der Waals surface area contributed by atoms with Gasteiger partial charge in [0.25, 0.3) is 0 Å². The molecule has 2 aliphatic rings. The molecule has 1 heterocycles. The van der Waals surface area contributed by atoms with Crippen LogP contribution < -0.4 is 16.6 Å². The van der Waals surface area contributed by atoms with Crippen LogP contribution in [-0.4, -0.2) is 36.9 Å². The second-order valence-corrected chi connectivity index (χ2v) is 7.73. The van der Waals surface area contributed by atoms with Crippen molar-refractivity contribution in [1.82, 2.24) is 4.90 Å². The summed E-state index contributed by atoms with van der Waals surface area (Å²) in [6, 6.07) is 7.46. The summed E-state index contributed by atoms with van der Waals surface area (Å²) < 4.78 is 0. The Kier molecular flexibility index (Phi) is 9.28. The monoisotopic (exact) mass is 384 g/mol. The molecule has 0 saturated carbocycles. The van der Waals surface area contributed by atoms with Crippen molar-refractivity contribution in [3.05, 3.63) is 60.2 Å². The van der Waals surface area contributed by atoms with Crippen LogP contribution in [0.1, 0.15) is 32.6 Å². The van der Waals surface area contributed by atoms with Gasteiger partial charge >= 0.3 is 0 Å². The maximum Gasteiger partial charge on any atom is 0.0956 e. The molecule has 0 aromatic heterocycles. The molecular formula is C23H36N4O. The van der Waals surface area contributed by atoms with Crippen LogP contribution in [0.2, 0.25) is 0 Å². The molecule has 3 rings (SSSR count). The zero-order chi connectivity index (χ0) is 20.4. The normalized spacial score (nSPS) is 22.5. The van der Waals surface area contributed by atoms with Crippen LogP contribution in [0.3, 0.4) is 0 Å². The fraction of sp³-hybridized carbons (Fsp3) is 0.478. The first-order valence-electron chi connectivity index (χ1n) is 10.2. The largest absolute Gasteiger partial charge is 0.397 e. The Labute approximate surface area is 170 Å². The fourth-order valence-corrected chi connectivity index (χ4v) is 3.72. The summed E-state index contributed by atoms with van der Waals surface area (Å²) in [5, 5.41) is 10.7. The predicted molar refractivity (Wildman–Crippen MR) is 120 cm³/mol. The van der Waals surface area contributed by atoms with Gasteiger partial charge in [-0.3, -0.25) is 4.90 Å². The van der Waals surface area contributed by atoms with Crippen molar-refractivity contribution in [2.75, 3.05) is 37.6 Å². The molecule has 1 aromatic carbocycles. The van der Waals surface area contributed by atoms with Gasteiger partial charge in [-0.15, -0.1) is 0 Å². The standard InChI is InChI=1S/C16H25NO.C7H11N3/c1-14-6-3-2-4-8-16(14)12-15-7-5-10-17(13-18)11-9-15;1-10(9)7-5-3-2-4-6(7)8/h2-4,6,8,14-15,18H,5,7,9-13H2,1H3;2-5H,8-9H2,1H3. The van der Waals surface area contributed by atoms with Crippen LogP contribution in [0.25, 0.3) is 0 Å². The molecule has 1 aliphatic carbocycles. The molecule has 1 aliphatic heterocycles. The highest BCUT2D eigenvalue weighted by atomic mass is 16.3. The van der Waals surface area contributed by atoms with Crippen molar-refractivity contribution in [3.63, 3.8) is 0 Å². The Morgan fingerprint density at radius 3 is 2.61 bits per heavy atom. The molecule has 5 heteroatoms. The lowest BCUT2D eigenvalue weighted by Crippen LogP contribution is -2.25. The summed E-state index contributed by atoms with van der Waals surface area (Å²) in [6.45, 7) is 4.61. The number of para-hydroxylation sites is 2. The second kappa shape index (κ2) is 11.7. The van der Waals surface area contributed by atoms with Crippen molar-refractivity contribution in [2.45, 2.75) is 32.6 Å². The molecule has 0 spiro atoms. The van der Waals surface area contributed by atoms with Gasteiger partial charge in [-0.1, -0.05) is 55.0 Å². The lowest BCUT2D eigenvalue weighted by molar-refractivity contribution is 0.110. The first kappa shape index (κ1) is 22.2. The van der Waals surface area contributed by atoms with Gasteiger partial charge < -0.3 is 15.8 Å². The summed E-state index contributed by atoms with van der Waals surface area (Å²) in [6.07, 6.45) is 16.0. The van der Waals surface area contributed by atoms with Gasteiger partial charge in [0.2, 0.25) is 0 Å². The second-order valence-electron chi connectivity index (χ2n) is 7.73. The summed E-state index contributed by atoms with van der Waals surface area (Å²) in [5.74, 6) is 6.82. The summed E-state index contributed by atoms with van der Waals surface area (Å²) in [7, 11) is 1.76. The van der Waals surface area contributed by atoms with Gasteiger partial charge in [-0.05, 0) is 49.7 Å². The fourth-order valence-electron chi connectivity index (χ4n) is 3.72. The molecule has 0 bridgehead atoms. The molecule has 5 N–H and O–H groups in total. The molecule has 0 amide bonds. The molecule has 1 fully saturated rings. The van der Waals surface area contributed by atoms with Crippen LogP contribution in [0.15, 0.2) is 60.2 Å². The van der Waals surface area contributed by atoms with E-state index in [0.717, 1.165) is 24.7 Å². The first-order chi connectivity index (χ1) is 13.5. The van der Waals surface area contributed by atoms with E-state index in [4.69, 9.17) is 11.6 Å². The van der Waals surface area contributed by atoms with E-state index in [0.29, 0.717) is 11.6 Å². The van der Waals surface area contributed by atoms with Crippen LogP contribution in [0, 0.1) is 11.8 Å². The highest BCUT2D eigenvalue weighted by Crippen LogP contribution is 2.29. The highest BCUT2D eigenvalue weighted by molar-refractivity contribution is 5.65. The number of hydrogen-bond donors (Lipinski definition) is 3. The number of anilines is 2. The number of rotatable bonds is 4. The average Bonchev–Trinajstić information content (AvgIpc) is 3.03. The number of likely N-dealkylation sites (tertiary alicyclic amines) is 1. The van der Waals surface area contributed by atoms with Gasteiger partial charge in [-0.2, -0.15) is 0 Å². The van der Waals surface area contributed by atoms with Gasteiger partial charge in [0.1, 0.15) is 0 Å². The van der Waals surface area contributed by atoms with Crippen LogP contribution in [-0.2, 0) is 0 Å². The van der Waals surface area contributed by atoms with Crippen LogP contribution in [0.4, 0.5) is 11.4 Å². The number of allylic oxidation sites excluding steroid dienone is 6. The third-order valence-electron chi connectivity index (χ3n) is 5.50. The van der Waals surface area contributed by atoms with E-state index in [2.05, 4.69) is 42.2 Å². The summed E-state index contributed by atoms with van der Waals surface area (Å²) in [4.78, 5) is 2.16. The molecule has 5 nitrogen and oxygen atoms in total. The van der Waals surface area contributed by atoms with Gasteiger partial charge in [0, 0.05) is 20.1 Å². The minimum Gasteiger partial charge on any atom is -0.397 e. The van der Waals surface area contributed by atoms with Crippen molar-refractivity contribution in [3.8, 4) is 0 Å². The molecule has 1 saturated heterocycles. The maximum absolute atomic E-state index is 9.20. The predicted octanol–water partition coefficient (Wildman–Crippen LogP) is 3.70. The van der Waals surface area contributed by atoms with E-state index in [1.165, 1.54) is 30.7 Å². The number of hydrazine groups is 1. The molecule has 1 aromatic rings. The van der Waals surface area contributed by atoms with Crippen molar-refractivity contribution in [2.24, 2.45) is 17.7 Å². The average molecular weight is 385 g/mol. The number of aliphatic hydroxyl groups excluding tert-OH is 1. The molecular weight excluding hydrogens is 348 g/mol. The van der Waals surface area contributed by atoms with Crippen molar-refractivity contribution in [1.29, 1.82) is 0 Å². The lowest BCUT2D eigenvalue weighted by atomic mass is 9.87. The summed E-state index contributed by atoms with van der Waals surface area (Å²) in [5.41, 5.74) is 8.71. The molecule has 2 unspecified atom stereocenters. The Morgan fingerprint density at radius 2 is 1.93 bits per heavy atom. The minimum absolute atomic E-state index is 0.220. The molecule has 0 radical (unpaired) electrons. The minimum atomic E-state index is 0.220. The number of hydrogen-bond acceptors (Lipinski definition) is 5. The van der Waals surface area contributed by atoms with E-state index in [-0.39, 0.29) is 6.73 Å². The van der Waals surface area contributed by atoms with Crippen LogP contribution >= 0.6 is 0 Å². The summed E-state index contributed by atoms with van der Waals surface area (Å²) >= 11 is 0. The first-order valence-corrected chi connectivity index (χ1v) is 10.2. The number of benzene rings is 1. The van der Waals surface area contributed by atoms with E-state index >= 15 is 0 Å².